The number of nitrogens with zero attached hydrogens (tertiary/aromatic N) is 3. The first-order chi connectivity index (χ1) is 11.7. The second-order valence-electron chi connectivity index (χ2n) is 5.85. The number of rotatable bonds is 1. The van der Waals surface area contributed by atoms with Crippen LogP contribution in [0.15, 0.2) is 70.5 Å². The van der Waals surface area contributed by atoms with Gasteiger partial charge >= 0.3 is 0 Å². The molecule has 0 atom stereocenters. The maximum absolute atomic E-state index is 11.8. The van der Waals surface area contributed by atoms with Gasteiger partial charge in [0.25, 0.3) is 5.56 Å². The molecule has 0 spiro atoms. The minimum Gasteiger partial charge on any atom is -0.302 e. The Labute approximate surface area is 140 Å². The molecule has 4 rings (SSSR count). The van der Waals surface area contributed by atoms with Gasteiger partial charge in [0.05, 0.1) is 11.4 Å². The summed E-state index contributed by atoms with van der Waals surface area (Å²) in [5.74, 6) is 0.767. The minimum absolute atomic E-state index is 0.191. The molecule has 4 nitrogen and oxygen atoms in total. The highest BCUT2D eigenvalue weighted by Crippen LogP contribution is 2.23. The fraction of sp³-hybridized carbons (Fsp3) is 0.150. The van der Waals surface area contributed by atoms with Crippen LogP contribution in [0.3, 0.4) is 0 Å². The predicted molar refractivity (Wildman–Crippen MR) is 95.2 cm³/mol. The molecule has 0 fully saturated rings. The Hall–Kier alpha value is -3.01. The monoisotopic (exact) mass is 315 g/mol. The van der Waals surface area contributed by atoms with E-state index >= 15 is 0 Å². The summed E-state index contributed by atoms with van der Waals surface area (Å²) in [6, 6.07) is 20.0. The Bertz CT molecular complexity index is 987. The summed E-state index contributed by atoms with van der Waals surface area (Å²) >= 11 is 0. The number of fused-ring (bicyclic) bond motifs is 3. The Morgan fingerprint density at radius 2 is 1.75 bits per heavy atom. The second kappa shape index (κ2) is 5.89. The average molecular weight is 315 g/mol. The molecule has 1 aliphatic rings. The van der Waals surface area contributed by atoms with E-state index in [1.54, 1.807) is 6.07 Å². The largest absolute Gasteiger partial charge is 0.302 e. The summed E-state index contributed by atoms with van der Waals surface area (Å²) in [4.78, 5) is 20.8. The highest BCUT2D eigenvalue weighted by molar-refractivity contribution is 6.15. The zero-order valence-electron chi connectivity index (χ0n) is 13.4. The van der Waals surface area contributed by atoms with E-state index in [-0.39, 0.29) is 5.56 Å². The van der Waals surface area contributed by atoms with Gasteiger partial charge in [-0.05, 0) is 13.0 Å². The molecule has 0 aliphatic carbocycles. The van der Waals surface area contributed by atoms with Crippen molar-refractivity contribution in [3.8, 4) is 5.69 Å². The van der Waals surface area contributed by atoms with Crippen molar-refractivity contribution in [2.45, 2.75) is 13.3 Å². The SMILES string of the molecule is Cc1cc(=O)nc2n1-c1ccccc1/C(c1ccccc1)=N\CC2. The summed E-state index contributed by atoms with van der Waals surface area (Å²) in [6.45, 7) is 2.55. The molecular weight excluding hydrogens is 298 g/mol. The van der Waals surface area contributed by atoms with E-state index in [0.717, 1.165) is 34.0 Å². The van der Waals surface area contributed by atoms with Crippen molar-refractivity contribution in [1.82, 2.24) is 9.55 Å². The van der Waals surface area contributed by atoms with Crippen molar-refractivity contribution in [3.05, 3.63) is 93.7 Å². The lowest BCUT2D eigenvalue weighted by Crippen LogP contribution is -2.23. The van der Waals surface area contributed by atoms with Crippen LogP contribution in [-0.2, 0) is 6.42 Å². The number of para-hydroxylation sites is 1. The zero-order valence-corrected chi connectivity index (χ0v) is 13.4. The smallest absolute Gasteiger partial charge is 0.273 e. The van der Waals surface area contributed by atoms with Gasteiger partial charge in [-0.1, -0.05) is 48.5 Å². The van der Waals surface area contributed by atoms with Crippen molar-refractivity contribution in [3.63, 3.8) is 0 Å². The molecule has 0 N–H and O–H groups in total. The molecule has 1 aromatic heterocycles. The second-order valence-corrected chi connectivity index (χ2v) is 5.85. The third-order valence-corrected chi connectivity index (χ3v) is 4.24. The third kappa shape index (κ3) is 2.46. The molecule has 0 bridgehead atoms. The van der Waals surface area contributed by atoms with Crippen molar-refractivity contribution < 1.29 is 0 Å². The summed E-state index contributed by atoms with van der Waals surface area (Å²) in [5.41, 5.74) is 4.85. The molecule has 4 heteroatoms. The van der Waals surface area contributed by atoms with Crippen LogP contribution >= 0.6 is 0 Å². The van der Waals surface area contributed by atoms with Crippen LogP contribution in [0.4, 0.5) is 0 Å². The Morgan fingerprint density at radius 1 is 1.00 bits per heavy atom. The van der Waals surface area contributed by atoms with E-state index in [2.05, 4.69) is 33.8 Å². The van der Waals surface area contributed by atoms with Gasteiger partial charge in [-0.15, -0.1) is 0 Å². The predicted octanol–water partition coefficient (Wildman–Crippen LogP) is 2.93. The van der Waals surface area contributed by atoms with Gasteiger partial charge in [-0.25, -0.2) is 0 Å². The Balaban J connectivity index is 2.01. The number of hydrogen-bond acceptors (Lipinski definition) is 3. The van der Waals surface area contributed by atoms with Crippen molar-refractivity contribution in [2.75, 3.05) is 6.54 Å². The first-order valence-corrected chi connectivity index (χ1v) is 8.03. The van der Waals surface area contributed by atoms with E-state index < -0.39 is 0 Å². The first kappa shape index (κ1) is 14.6. The molecule has 0 radical (unpaired) electrons. The Kier molecular flexibility index (Phi) is 3.58. The maximum atomic E-state index is 11.8. The van der Waals surface area contributed by atoms with Crippen LogP contribution in [0.25, 0.3) is 5.69 Å². The van der Waals surface area contributed by atoms with Crippen LogP contribution in [0.2, 0.25) is 0 Å². The van der Waals surface area contributed by atoms with Gasteiger partial charge in [0.15, 0.2) is 0 Å². The quantitative estimate of drug-likeness (QED) is 0.693. The van der Waals surface area contributed by atoms with Crippen LogP contribution in [0, 0.1) is 6.92 Å². The van der Waals surface area contributed by atoms with E-state index in [4.69, 9.17) is 4.99 Å². The number of aromatic nitrogens is 2. The Morgan fingerprint density at radius 3 is 2.58 bits per heavy atom. The maximum Gasteiger partial charge on any atom is 0.273 e. The molecule has 118 valence electrons. The molecule has 0 saturated heterocycles. The topological polar surface area (TPSA) is 47.2 Å². The van der Waals surface area contributed by atoms with E-state index in [0.29, 0.717) is 13.0 Å². The van der Waals surface area contributed by atoms with Crippen LogP contribution < -0.4 is 5.56 Å². The van der Waals surface area contributed by atoms with E-state index in [9.17, 15) is 4.79 Å². The molecule has 0 saturated carbocycles. The average Bonchev–Trinajstić information content (AvgIpc) is 2.58. The zero-order chi connectivity index (χ0) is 16.5. The van der Waals surface area contributed by atoms with Crippen LogP contribution in [0.1, 0.15) is 22.6 Å². The van der Waals surface area contributed by atoms with Gasteiger partial charge in [-0.2, -0.15) is 4.98 Å². The van der Waals surface area contributed by atoms with Gasteiger partial charge in [-0.3, -0.25) is 9.79 Å². The molecular formula is C20H17N3O. The molecule has 3 aromatic rings. The highest BCUT2D eigenvalue weighted by atomic mass is 16.1. The number of aliphatic imine (C=N–C) groups is 1. The lowest BCUT2D eigenvalue weighted by atomic mass is 9.99. The number of benzene rings is 2. The van der Waals surface area contributed by atoms with Crippen LogP contribution in [0.5, 0.6) is 0 Å². The number of aryl methyl sites for hydroxylation is 1. The van der Waals surface area contributed by atoms with Gasteiger partial charge in [0.1, 0.15) is 5.82 Å². The lowest BCUT2D eigenvalue weighted by Gasteiger charge is -2.22. The number of hydrogen-bond donors (Lipinski definition) is 0. The van der Waals surface area contributed by atoms with E-state index in [1.165, 1.54) is 0 Å². The fourth-order valence-electron chi connectivity index (χ4n) is 3.22. The van der Waals surface area contributed by atoms with Gasteiger partial charge < -0.3 is 4.57 Å². The standard InChI is InChI=1S/C20H17N3O/c1-14-13-19(24)22-18-11-12-21-20(15-7-3-2-4-8-15)16-9-5-6-10-17(16)23(14)18/h2-10,13H,11-12H2,1H3/b21-20-. The summed E-state index contributed by atoms with van der Waals surface area (Å²) in [6.07, 6.45) is 0.640. The van der Waals surface area contributed by atoms with Gasteiger partial charge in [0, 0.05) is 35.9 Å². The molecule has 2 aromatic carbocycles. The summed E-state index contributed by atoms with van der Waals surface area (Å²) in [7, 11) is 0. The minimum atomic E-state index is -0.191. The molecule has 0 unspecified atom stereocenters. The molecule has 0 amide bonds. The molecule has 1 aliphatic heterocycles. The highest BCUT2D eigenvalue weighted by Gasteiger charge is 2.18. The summed E-state index contributed by atoms with van der Waals surface area (Å²) in [5, 5.41) is 0. The van der Waals surface area contributed by atoms with E-state index in [1.807, 2.05) is 37.3 Å². The van der Waals surface area contributed by atoms with Gasteiger partial charge in [0.2, 0.25) is 0 Å². The van der Waals surface area contributed by atoms with Crippen molar-refractivity contribution in [2.24, 2.45) is 4.99 Å². The fourth-order valence-corrected chi connectivity index (χ4v) is 3.22. The first-order valence-electron chi connectivity index (χ1n) is 8.03. The van der Waals surface area contributed by atoms with Crippen molar-refractivity contribution >= 4 is 5.71 Å². The summed E-state index contributed by atoms with van der Waals surface area (Å²) < 4.78 is 2.08. The molecule has 24 heavy (non-hydrogen) atoms. The molecule has 2 heterocycles. The van der Waals surface area contributed by atoms with Crippen LogP contribution in [-0.4, -0.2) is 21.8 Å². The van der Waals surface area contributed by atoms with Crippen molar-refractivity contribution in [1.29, 1.82) is 0 Å². The third-order valence-electron chi connectivity index (χ3n) is 4.24. The normalized spacial score (nSPS) is 15.5. The lowest BCUT2D eigenvalue weighted by molar-refractivity contribution is 0.765.